The number of carbonyl (C=O) groups is 2. The predicted octanol–water partition coefficient (Wildman–Crippen LogP) is 1.77. The van der Waals surface area contributed by atoms with Gasteiger partial charge in [0.25, 0.3) is 0 Å². The summed E-state index contributed by atoms with van der Waals surface area (Å²) in [5.74, 6) is 1.16. The van der Waals surface area contributed by atoms with Gasteiger partial charge < -0.3 is 44.1 Å². The van der Waals surface area contributed by atoms with E-state index < -0.39 is 31.2 Å². The molecule has 4 atom stereocenters. The zero-order valence-electron chi connectivity index (χ0n) is 21.3. The summed E-state index contributed by atoms with van der Waals surface area (Å²) in [7, 11) is 4.41. The summed E-state index contributed by atoms with van der Waals surface area (Å²) in [6.07, 6.45) is -3.13. The second-order valence-electron chi connectivity index (χ2n) is 8.26. The molecule has 1 aliphatic rings. The highest BCUT2D eigenvalue weighted by Gasteiger charge is 2.35. The lowest BCUT2D eigenvalue weighted by Crippen LogP contribution is -2.49. The van der Waals surface area contributed by atoms with Crippen LogP contribution in [0.4, 0.5) is 0 Å². The van der Waals surface area contributed by atoms with Crippen molar-refractivity contribution in [3.8, 4) is 17.2 Å². The number of aliphatic hydroxyl groups is 4. The first-order chi connectivity index (χ1) is 18.1. The van der Waals surface area contributed by atoms with E-state index in [1.165, 1.54) is 21.3 Å². The van der Waals surface area contributed by atoms with Crippen LogP contribution in [0.2, 0.25) is 0 Å². The van der Waals surface area contributed by atoms with Gasteiger partial charge in [0.15, 0.2) is 17.8 Å². The molecular formula is C26H33IO11. The van der Waals surface area contributed by atoms with Crippen LogP contribution in [-0.2, 0) is 27.3 Å². The largest absolute Gasteiger partial charge is 0.496 e. The number of hydrogen-bond acceptors (Lipinski definition) is 11. The SMILES string of the molecule is COC(=O)CCc1ccc(COc2cc(OC)c(C(=O)I)cc2OC)cc1.OC[C@H]1O[C@H](O)C[C@@H](O)[C@@H]1O. The van der Waals surface area contributed by atoms with Gasteiger partial charge in [-0.2, -0.15) is 0 Å². The molecule has 0 radical (unpaired) electrons. The summed E-state index contributed by atoms with van der Waals surface area (Å²) in [6.45, 7) is -0.0798. The van der Waals surface area contributed by atoms with Gasteiger partial charge in [-0.1, -0.05) is 24.3 Å². The molecule has 2 aromatic rings. The van der Waals surface area contributed by atoms with Crippen LogP contribution >= 0.6 is 22.6 Å². The topological polar surface area (TPSA) is 161 Å². The van der Waals surface area contributed by atoms with Crippen LogP contribution in [0, 0.1) is 0 Å². The van der Waals surface area contributed by atoms with Crippen LogP contribution in [0.5, 0.6) is 17.2 Å². The van der Waals surface area contributed by atoms with Crippen LogP contribution in [0.15, 0.2) is 36.4 Å². The van der Waals surface area contributed by atoms with Crippen molar-refractivity contribution in [3.63, 3.8) is 0 Å². The van der Waals surface area contributed by atoms with Crippen molar-refractivity contribution in [2.24, 2.45) is 0 Å². The van der Waals surface area contributed by atoms with E-state index in [-0.39, 0.29) is 16.2 Å². The third-order valence-corrected chi connectivity index (χ3v) is 6.27. The maximum absolute atomic E-state index is 11.7. The fourth-order valence-electron chi connectivity index (χ4n) is 3.53. The Balaban J connectivity index is 0.000000384. The Labute approximate surface area is 234 Å². The molecule has 2 aromatic carbocycles. The molecule has 11 nitrogen and oxygen atoms in total. The molecule has 1 fully saturated rings. The van der Waals surface area contributed by atoms with Gasteiger partial charge in [0.1, 0.15) is 24.6 Å². The van der Waals surface area contributed by atoms with E-state index in [0.29, 0.717) is 42.3 Å². The summed E-state index contributed by atoms with van der Waals surface area (Å²) in [6, 6.07) is 11.1. The van der Waals surface area contributed by atoms with E-state index in [0.717, 1.165) is 11.1 Å². The summed E-state index contributed by atoms with van der Waals surface area (Å²) in [5, 5.41) is 35.6. The zero-order chi connectivity index (χ0) is 28.2. The second-order valence-corrected chi connectivity index (χ2v) is 9.24. The molecule has 210 valence electrons. The quantitative estimate of drug-likeness (QED) is 0.169. The number of rotatable bonds is 10. The van der Waals surface area contributed by atoms with Crippen molar-refractivity contribution < 1.29 is 53.7 Å². The highest BCUT2D eigenvalue weighted by Crippen LogP contribution is 2.36. The number of esters is 1. The molecule has 1 saturated heterocycles. The van der Waals surface area contributed by atoms with E-state index in [2.05, 4.69) is 4.74 Å². The van der Waals surface area contributed by atoms with Gasteiger partial charge in [0.05, 0.1) is 39.6 Å². The Morgan fingerprint density at radius 3 is 2.16 bits per heavy atom. The Morgan fingerprint density at radius 1 is 0.974 bits per heavy atom. The maximum atomic E-state index is 11.7. The molecule has 3 rings (SSSR count). The fourth-order valence-corrected chi connectivity index (χ4v) is 3.95. The van der Waals surface area contributed by atoms with Gasteiger partial charge >= 0.3 is 5.97 Å². The lowest BCUT2D eigenvalue weighted by molar-refractivity contribution is -0.239. The molecular weight excluding hydrogens is 615 g/mol. The number of halogens is 1. The molecule has 0 aromatic heterocycles. The smallest absolute Gasteiger partial charge is 0.305 e. The van der Waals surface area contributed by atoms with Crippen molar-refractivity contribution >= 4 is 32.4 Å². The van der Waals surface area contributed by atoms with Gasteiger partial charge in [0, 0.05) is 41.5 Å². The second kappa shape index (κ2) is 15.8. The first-order valence-electron chi connectivity index (χ1n) is 11.7. The molecule has 1 heterocycles. The molecule has 0 unspecified atom stereocenters. The Bertz CT molecular complexity index is 1040. The van der Waals surface area contributed by atoms with Crippen molar-refractivity contribution in [3.05, 3.63) is 53.1 Å². The number of methoxy groups -OCH3 is 3. The minimum Gasteiger partial charge on any atom is -0.496 e. The third-order valence-electron chi connectivity index (χ3n) is 5.69. The number of aliphatic hydroxyl groups excluding tert-OH is 4. The maximum Gasteiger partial charge on any atom is 0.305 e. The first kappa shape index (κ1) is 31.7. The third kappa shape index (κ3) is 9.36. The molecule has 4 N–H and O–H groups in total. The van der Waals surface area contributed by atoms with E-state index in [4.69, 9.17) is 39.4 Å². The average Bonchev–Trinajstić information content (AvgIpc) is 2.92. The molecule has 0 aliphatic carbocycles. The highest BCUT2D eigenvalue weighted by molar-refractivity contribution is 14.1. The highest BCUT2D eigenvalue weighted by atomic mass is 127. The normalized spacial score (nSPS) is 20.5. The summed E-state index contributed by atoms with van der Waals surface area (Å²) >= 11 is 1.70. The minimum absolute atomic E-state index is 0.0162. The van der Waals surface area contributed by atoms with Crippen molar-refractivity contribution in [1.29, 1.82) is 0 Å². The summed E-state index contributed by atoms with van der Waals surface area (Å²) < 4.78 is 25.7. The monoisotopic (exact) mass is 648 g/mol. The Morgan fingerprint density at radius 2 is 1.61 bits per heavy atom. The van der Waals surface area contributed by atoms with Gasteiger partial charge in [-0.15, -0.1) is 0 Å². The van der Waals surface area contributed by atoms with Crippen LogP contribution in [-0.4, -0.2) is 82.7 Å². The zero-order valence-corrected chi connectivity index (χ0v) is 23.5. The van der Waals surface area contributed by atoms with Gasteiger partial charge in [0.2, 0.25) is 3.79 Å². The van der Waals surface area contributed by atoms with Crippen molar-refractivity contribution in [1.82, 2.24) is 0 Å². The molecule has 38 heavy (non-hydrogen) atoms. The van der Waals surface area contributed by atoms with E-state index in [1.807, 2.05) is 24.3 Å². The number of ether oxygens (including phenoxy) is 5. The molecule has 0 saturated carbocycles. The standard InChI is InChI=1S/C20H21IO6.C6H12O5/c1-24-16-11-18(17(25-2)10-15(16)20(21)23)27-12-14-6-4-13(5-7-14)8-9-19(22)26-3;7-2-4-6(10)3(8)1-5(9)11-4/h4-7,10-11H,8-9,12H2,1-3H3;3-10H,1-2H2/t;3-,4-,5+,6+/m.1/s1. The molecule has 0 bridgehead atoms. The van der Waals surface area contributed by atoms with Crippen LogP contribution in [0.1, 0.15) is 34.3 Å². The van der Waals surface area contributed by atoms with Crippen LogP contribution < -0.4 is 14.2 Å². The molecule has 0 spiro atoms. The number of carbonyl (C=O) groups excluding carboxylic acids is 2. The average molecular weight is 648 g/mol. The van der Waals surface area contributed by atoms with Crippen LogP contribution in [0.3, 0.4) is 0 Å². The number of benzene rings is 2. The van der Waals surface area contributed by atoms with Gasteiger partial charge in [-0.3, -0.25) is 9.59 Å². The number of hydrogen-bond donors (Lipinski definition) is 4. The van der Waals surface area contributed by atoms with Crippen molar-refractivity contribution in [2.45, 2.75) is 50.5 Å². The number of aryl methyl sites for hydroxylation is 1. The Hall–Kier alpha value is -2.49. The predicted molar refractivity (Wildman–Crippen MR) is 144 cm³/mol. The van der Waals surface area contributed by atoms with E-state index in [9.17, 15) is 9.59 Å². The summed E-state index contributed by atoms with van der Waals surface area (Å²) in [4.78, 5) is 22.9. The van der Waals surface area contributed by atoms with Gasteiger partial charge in [-0.05, 0) is 23.6 Å². The van der Waals surface area contributed by atoms with Crippen LogP contribution in [0.25, 0.3) is 0 Å². The lowest BCUT2D eigenvalue weighted by Gasteiger charge is -2.33. The fraction of sp³-hybridized carbons (Fsp3) is 0.462. The Kier molecular flexibility index (Phi) is 13.2. The molecule has 0 amide bonds. The first-order valence-corrected chi connectivity index (χ1v) is 12.7. The summed E-state index contributed by atoms with van der Waals surface area (Å²) in [5.41, 5.74) is 2.44. The van der Waals surface area contributed by atoms with Gasteiger partial charge in [-0.25, -0.2) is 0 Å². The minimum atomic E-state index is -1.11. The van der Waals surface area contributed by atoms with Crippen molar-refractivity contribution in [2.75, 3.05) is 27.9 Å². The molecule has 12 heteroatoms. The molecule has 1 aliphatic heterocycles. The van der Waals surface area contributed by atoms with E-state index >= 15 is 0 Å². The lowest BCUT2D eigenvalue weighted by atomic mass is 10.0. The van der Waals surface area contributed by atoms with E-state index in [1.54, 1.807) is 34.7 Å².